The standard InChI is InChI=1S/C10H16N2O/c1-6(2)9-7(3)10(13)12(5)11-8(9)4/h6H,1-5H3. The monoisotopic (exact) mass is 180 g/mol. The number of aryl methyl sites for hydroxylation is 2. The predicted octanol–water partition coefficient (Wildman–Crippen LogP) is 1.52. The van der Waals surface area contributed by atoms with Crippen LogP contribution in [0, 0.1) is 13.8 Å². The van der Waals surface area contributed by atoms with E-state index in [1.807, 2.05) is 13.8 Å². The number of hydrogen-bond donors (Lipinski definition) is 0. The molecule has 1 heterocycles. The zero-order valence-electron chi connectivity index (χ0n) is 8.88. The van der Waals surface area contributed by atoms with Crippen molar-refractivity contribution in [2.24, 2.45) is 7.05 Å². The largest absolute Gasteiger partial charge is 0.269 e. The molecule has 72 valence electrons. The van der Waals surface area contributed by atoms with Crippen molar-refractivity contribution in [3.05, 3.63) is 27.2 Å². The minimum absolute atomic E-state index is 0.00861. The smallest absolute Gasteiger partial charge is 0.268 e. The van der Waals surface area contributed by atoms with E-state index in [2.05, 4.69) is 18.9 Å². The Balaban J connectivity index is 3.53. The molecule has 1 aromatic rings. The van der Waals surface area contributed by atoms with Gasteiger partial charge in [-0.15, -0.1) is 0 Å². The van der Waals surface area contributed by atoms with Crippen LogP contribution in [-0.4, -0.2) is 9.78 Å². The Labute approximate surface area is 78.4 Å². The molecule has 0 N–H and O–H groups in total. The Morgan fingerprint density at radius 1 is 1.31 bits per heavy atom. The van der Waals surface area contributed by atoms with Gasteiger partial charge in [0.15, 0.2) is 0 Å². The first-order valence-electron chi connectivity index (χ1n) is 4.49. The van der Waals surface area contributed by atoms with E-state index in [0.29, 0.717) is 5.92 Å². The summed E-state index contributed by atoms with van der Waals surface area (Å²) in [5.74, 6) is 0.362. The molecule has 1 aromatic heterocycles. The van der Waals surface area contributed by atoms with Gasteiger partial charge in [-0.25, -0.2) is 4.68 Å². The lowest BCUT2D eigenvalue weighted by Gasteiger charge is -2.12. The van der Waals surface area contributed by atoms with Crippen molar-refractivity contribution in [1.29, 1.82) is 0 Å². The van der Waals surface area contributed by atoms with Gasteiger partial charge in [0.05, 0.1) is 5.69 Å². The first kappa shape index (κ1) is 9.96. The molecule has 0 aliphatic heterocycles. The summed E-state index contributed by atoms with van der Waals surface area (Å²) in [6.07, 6.45) is 0. The average molecular weight is 180 g/mol. The van der Waals surface area contributed by atoms with Gasteiger partial charge < -0.3 is 0 Å². The maximum absolute atomic E-state index is 11.5. The summed E-state index contributed by atoms with van der Waals surface area (Å²) >= 11 is 0. The highest BCUT2D eigenvalue weighted by Crippen LogP contribution is 2.18. The van der Waals surface area contributed by atoms with E-state index in [4.69, 9.17) is 0 Å². The summed E-state index contributed by atoms with van der Waals surface area (Å²) in [5.41, 5.74) is 2.87. The fourth-order valence-corrected chi connectivity index (χ4v) is 1.80. The summed E-state index contributed by atoms with van der Waals surface area (Å²) in [4.78, 5) is 11.5. The lowest BCUT2D eigenvalue weighted by molar-refractivity contribution is 0.662. The van der Waals surface area contributed by atoms with Gasteiger partial charge >= 0.3 is 0 Å². The highest BCUT2D eigenvalue weighted by molar-refractivity contribution is 5.29. The van der Waals surface area contributed by atoms with Crippen LogP contribution in [0.15, 0.2) is 4.79 Å². The number of nitrogens with zero attached hydrogens (tertiary/aromatic N) is 2. The van der Waals surface area contributed by atoms with Gasteiger partial charge in [0.2, 0.25) is 0 Å². The van der Waals surface area contributed by atoms with Gasteiger partial charge in [0.25, 0.3) is 5.56 Å². The zero-order valence-corrected chi connectivity index (χ0v) is 8.88. The lowest BCUT2D eigenvalue weighted by atomic mass is 9.98. The molecule has 0 aromatic carbocycles. The van der Waals surface area contributed by atoms with E-state index in [9.17, 15) is 4.79 Å². The molecule has 0 bridgehead atoms. The normalized spacial score (nSPS) is 10.9. The highest BCUT2D eigenvalue weighted by Gasteiger charge is 2.12. The molecule has 0 amide bonds. The van der Waals surface area contributed by atoms with Gasteiger partial charge in [-0.1, -0.05) is 13.8 Å². The van der Waals surface area contributed by atoms with Gasteiger partial charge in [0, 0.05) is 12.6 Å². The number of rotatable bonds is 1. The first-order chi connectivity index (χ1) is 5.95. The summed E-state index contributed by atoms with van der Waals surface area (Å²) in [5, 5.41) is 4.16. The minimum Gasteiger partial charge on any atom is -0.268 e. The summed E-state index contributed by atoms with van der Waals surface area (Å²) in [6.45, 7) is 7.97. The molecule has 3 heteroatoms. The van der Waals surface area contributed by atoms with Crippen LogP contribution in [0.1, 0.15) is 36.6 Å². The maximum Gasteiger partial charge on any atom is 0.269 e. The maximum atomic E-state index is 11.5. The third kappa shape index (κ3) is 1.64. The predicted molar refractivity (Wildman–Crippen MR) is 53.0 cm³/mol. The SMILES string of the molecule is Cc1nn(C)c(=O)c(C)c1C(C)C. The van der Waals surface area contributed by atoms with Crippen molar-refractivity contribution in [1.82, 2.24) is 9.78 Å². The number of aromatic nitrogens is 2. The van der Waals surface area contributed by atoms with Crippen LogP contribution in [0.2, 0.25) is 0 Å². The van der Waals surface area contributed by atoms with Crippen LogP contribution < -0.4 is 5.56 Å². The highest BCUT2D eigenvalue weighted by atomic mass is 16.1. The van der Waals surface area contributed by atoms with E-state index < -0.39 is 0 Å². The topological polar surface area (TPSA) is 34.9 Å². The lowest BCUT2D eigenvalue weighted by Crippen LogP contribution is -2.25. The van der Waals surface area contributed by atoms with E-state index in [1.54, 1.807) is 7.05 Å². The molecule has 0 saturated heterocycles. The molecule has 0 atom stereocenters. The summed E-state index contributed by atoms with van der Waals surface area (Å²) in [7, 11) is 1.69. The molecule has 1 rings (SSSR count). The Bertz CT molecular complexity index is 377. The van der Waals surface area contributed by atoms with Crippen LogP contribution in [-0.2, 0) is 7.05 Å². The Kier molecular flexibility index (Phi) is 2.55. The third-order valence-electron chi connectivity index (χ3n) is 2.29. The van der Waals surface area contributed by atoms with Crippen LogP contribution in [0.4, 0.5) is 0 Å². The minimum atomic E-state index is 0.00861. The molecular weight excluding hydrogens is 164 g/mol. The average Bonchev–Trinajstić information content (AvgIpc) is 1.99. The van der Waals surface area contributed by atoms with Gasteiger partial charge in [-0.2, -0.15) is 5.10 Å². The molecule has 0 aliphatic carbocycles. The Morgan fingerprint density at radius 2 is 1.85 bits per heavy atom. The second-order valence-electron chi connectivity index (χ2n) is 3.71. The fraction of sp³-hybridized carbons (Fsp3) is 0.600. The van der Waals surface area contributed by atoms with Crippen LogP contribution in [0.5, 0.6) is 0 Å². The second kappa shape index (κ2) is 3.32. The molecule has 0 saturated carbocycles. The van der Waals surface area contributed by atoms with Gasteiger partial charge in [-0.3, -0.25) is 4.79 Å². The molecular formula is C10H16N2O. The van der Waals surface area contributed by atoms with E-state index in [1.165, 1.54) is 4.68 Å². The van der Waals surface area contributed by atoms with E-state index in [-0.39, 0.29) is 5.56 Å². The third-order valence-corrected chi connectivity index (χ3v) is 2.29. The second-order valence-corrected chi connectivity index (χ2v) is 3.71. The molecule has 0 spiro atoms. The van der Waals surface area contributed by atoms with Crippen molar-refractivity contribution in [3.63, 3.8) is 0 Å². The fourth-order valence-electron chi connectivity index (χ4n) is 1.80. The Morgan fingerprint density at radius 3 is 2.31 bits per heavy atom. The van der Waals surface area contributed by atoms with Crippen molar-refractivity contribution in [2.75, 3.05) is 0 Å². The summed E-state index contributed by atoms with van der Waals surface area (Å²) in [6, 6.07) is 0. The van der Waals surface area contributed by atoms with Gasteiger partial charge in [-0.05, 0) is 25.3 Å². The van der Waals surface area contributed by atoms with Crippen molar-refractivity contribution in [3.8, 4) is 0 Å². The van der Waals surface area contributed by atoms with Crippen molar-refractivity contribution in [2.45, 2.75) is 33.6 Å². The quantitative estimate of drug-likeness (QED) is 0.656. The van der Waals surface area contributed by atoms with E-state index >= 15 is 0 Å². The summed E-state index contributed by atoms with van der Waals surface area (Å²) < 4.78 is 1.40. The van der Waals surface area contributed by atoms with Gasteiger partial charge in [0.1, 0.15) is 0 Å². The molecule has 0 unspecified atom stereocenters. The number of hydrogen-bond acceptors (Lipinski definition) is 2. The molecule has 3 nitrogen and oxygen atoms in total. The van der Waals surface area contributed by atoms with Crippen molar-refractivity contribution < 1.29 is 0 Å². The van der Waals surface area contributed by atoms with Crippen LogP contribution in [0.3, 0.4) is 0 Å². The molecule has 0 aliphatic rings. The van der Waals surface area contributed by atoms with Crippen molar-refractivity contribution >= 4 is 0 Å². The first-order valence-corrected chi connectivity index (χ1v) is 4.49. The molecule has 0 radical (unpaired) electrons. The zero-order chi connectivity index (χ0) is 10.2. The van der Waals surface area contributed by atoms with Crippen LogP contribution >= 0.6 is 0 Å². The van der Waals surface area contributed by atoms with Crippen LogP contribution in [0.25, 0.3) is 0 Å². The molecule has 0 fully saturated rings. The Hall–Kier alpha value is -1.12. The van der Waals surface area contributed by atoms with E-state index in [0.717, 1.165) is 16.8 Å². The molecule has 13 heavy (non-hydrogen) atoms.